The van der Waals surface area contributed by atoms with Crippen LogP contribution in [-0.2, 0) is 9.53 Å². The molecule has 1 heterocycles. The van der Waals surface area contributed by atoms with Crippen molar-refractivity contribution in [3.8, 4) is 0 Å². The summed E-state index contributed by atoms with van der Waals surface area (Å²) < 4.78 is 4.61. The molecule has 0 atom stereocenters. The first-order valence-corrected chi connectivity index (χ1v) is 3.86. The highest BCUT2D eigenvalue weighted by atomic mass is 35.5. The topological polar surface area (TPSA) is 64.1 Å². The van der Waals surface area contributed by atoms with E-state index in [-0.39, 0.29) is 17.7 Å². The highest BCUT2D eigenvalue weighted by molar-refractivity contribution is 6.29. The van der Waals surface area contributed by atoms with Crippen molar-refractivity contribution in [1.82, 2.24) is 9.97 Å². The van der Waals surface area contributed by atoms with Crippen molar-refractivity contribution in [3.05, 3.63) is 17.5 Å². The van der Waals surface area contributed by atoms with E-state index in [4.69, 9.17) is 11.6 Å². The molecule has 1 aromatic rings. The van der Waals surface area contributed by atoms with Crippen LogP contribution >= 0.6 is 11.6 Å². The summed E-state index contributed by atoms with van der Waals surface area (Å²) in [4.78, 5) is 18.5. The Morgan fingerprint density at radius 2 is 2.46 bits per heavy atom. The van der Waals surface area contributed by atoms with Gasteiger partial charge in [-0.15, -0.1) is 0 Å². The fourth-order valence-electron chi connectivity index (χ4n) is 0.712. The Morgan fingerprint density at radius 1 is 1.69 bits per heavy atom. The lowest BCUT2D eigenvalue weighted by Crippen LogP contribution is -2.17. The quantitative estimate of drug-likeness (QED) is 0.783. The van der Waals surface area contributed by atoms with E-state index in [0.29, 0.717) is 5.82 Å². The zero-order valence-corrected chi connectivity index (χ0v) is 7.71. The molecule has 1 rings (SSSR count). The third kappa shape index (κ3) is 3.35. The first kappa shape index (κ1) is 9.88. The zero-order chi connectivity index (χ0) is 9.68. The normalized spacial score (nSPS) is 9.69. The van der Waals surface area contributed by atoms with Gasteiger partial charge in [0.1, 0.15) is 11.8 Å². The van der Waals surface area contributed by atoms with E-state index in [1.165, 1.54) is 19.5 Å². The highest BCUT2D eigenvalue weighted by Gasteiger charge is 2.02. The van der Waals surface area contributed by atoms with Gasteiger partial charge in [-0.05, 0) is 0 Å². The number of halogens is 1. The number of hydrogen-bond acceptors (Lipinski definition) is 4. The van der Waals surface area contributed by atoms with Gasteiger partial charge in [0.05, 0.1) is 12.4 Å². The van der Waals surface area contributed by atoms with Gasteiger partial charge >= 0.3 is 0 Å². The summed E-state index contributed by atoms with van der Waals surface area (Å²) in [7, 11) is 1.43. The first-order valence-electron chi connectivity index (χ1n) is 3.48. The van der Waals surface area contributed by atoms with Crippen molar-refractivity contribution in [2.24, 2.45) is 0 Å². The SMILES string of the molecule is COCC(=O)Nc1cncc(Cl)n1. The molecule has 0 radical (unpaired) electrons. The second-order valence-corrected chi connectivity index (χ2v) is 2.60. The molecule has 0 aliphatic rings. The third-order valence-corrected chi connectivity index (χ3v) is 1.33. The third-order valence-electron chi connectivity index (χ3n) is 1.15. The molecule has 1 N–H and O–H groups in total. The lowest BCUT2D eigenvalue weighted by atomic mass is 10.6. The van der Waals surface area contributed by atoms with Crippen LogP contribution in [0.3, 0.4) is 0 Å². The Hall–Kier alpha value is -1.20. The Kier molecular flexibility index (Phi) is 3.60. The monoisotopic (exact) mass is 201 g/mol. The van der Waals surface area contributed by atoms with Crippen LogP contribution in [0.5, 0.6) is 0 Å². The minimum atomic E-state index is -0.293. The number of methoxy groups -OCH3 is 1. The van der Waals surface area contributed by atoms with E-state index >= 15 is 0 Å². The molecule has 0 saturated carbocycles. The van der Waals surface area contributed by atoms with Crippen LogP contribution in [-0.4, -0.2) is 29.6 Å². The van der Waals surface area contributed by atoms with E-state index in [9.17, 15) is 4.79 Å². The molecule has 0 unspecified atom stereocenters. The van der Waals surface area contributed by atoms with Gasteiger partial charge in [-0.2, -0.15) is 0 Å². The van der Waals surface area contributed by atoms with Crippen LogP contribution in [0.2, 0.25) is 5.15 Å². The fraction of sp³-hybridized carbons (Fsp3) is 0.286. The van der Waals surface area contributed by atoms with Crippen LogP contribution in [0, 0.1) is 0 Å². The van der Waals surface area contributed by atoms with Crippen LogP contribution in [0.15, 0.2) is 12.4 Å². The Morgan fingerprint density at radius 3 is 3.08 bits per heavy atom. The van der Waals surface area contributed by atoms with Crippen LogP contribution in [0.4, 0.5) is 5.82 Å². The molecule has 1 aromatic heterocycles. The number of hydrogen-bond donors (Lipinski definition) is 1. The molecule has 0 spiro atoms. The molecular formula is C7H8ClN3O2. The summed E-state index contributed by atoms with van der Waals surface area (Å²) in [5, 5.41) is 2.69. The molecule has 0 fully saturated rings. The number of carbonyl (C=O) groups is 1. The summed E-state index contributed by atoms with van der Waals surface area (Å²) in [6.45, 7) is -0.0196. The predicted octanol–water partition coefficient (Wildman–Crippen LogP) is 0.715. The van der Waals surface area contributed by atoms with Crippen molar-refractivity contribution in [2.45, 2.75) is 0 Å². The Labute approximate surface area is 80.1 Å². The fourth-order valence-corrected chi connectivity index (χ4v) is 0.860. The molecule has 0 aliphatic carbocycles. The number of carbonyl (C=O) groups excluding carboxylic acids is 1. The van der Waals surface area contributed by atoms with Crippen LogP contribution in [0.25, 0.3) is 0 Å². The average molecular weight is 202 g/mol. The summed E-state index contributed by atoms with van der Waals surface area (Å²) in [6.07, 6.45) is 2.78. The summed E-state index contributed by atoms with van der Waals surface area (Å²) in [5.74, 6) is 0.0219. The van der Waals surface area contributed by atoms with Gasteiger partial charge in [0, 0.05) is 7.11 Å². The maximum Gasteiger partial charge on any atom is 0.251 e. The van der Waals surface area contributed by atoms with E-state index in [0.717, 1.165) is 0 Å². The van der Waals surface area contributed by atoms with Gasteiger partial charge in [-0.25, -0.2) is 4.98 Å². The molecule has 1 amide bonds. The molecule has 5 nitrogen and oxygen atoms in total. The van der Waals surface area contributed by atoms with Crippen molar-refractivity contribution >= 4 is 23.3 Å². The number of aromatic nitrogens is 2. The first-order chi connectivity index (χ1) is 6.22. The standard InChI is InChI=1S/C7H8ClN3O2/c1-13-4-7(12)11-6-3-9-2-5(8)10-6/h2-3H,4H2,1H3,(H,10,11,12). The zero-order valence-electron chi connectivity index (χ0n) is 6.95. The largest absolute Gasteiger partial charge is 0.375 e. The number of ether oxygens (including phenoxy) is 1. The van der Waals surface area contributed by atoms with E-state index < -0.39 is 0 Å². The lowest BCUT2D eigenvalue weighted by Gasteiger charge is -2.02. The maximum atomic E-state index is 11.0. The summed E-state index contributed by atoms with van der Waals surface area (Å²) >= 11 is 5.55. The molecule has 0 aliphatic heterocycles. The minimum Gasteiger partial charge on any atom is -0.375 e. The smallest absolute Gasteiger partial charge is 0.251 e. The Balaban J connectivity index is 2.58. The molecule has 0 bridgehead atoms. The number of anilines is 1. The minimum absolute atomic E-state index is 0.0196. The van der Waals surface area contributed by atoms with Gasteiger partial charge < -0.3 is 10.1 Å². The summed E-state index contributed by atoms with van der Waals surface area (Å²) in [6, 6.07) is 0. The molecule has 70 valence electrons. The highest BCUT2D eigenvalue weighted by Crippen LogP contribution is 2.05. The van der Waals surface area contributed by atoms with E-state index in [2.05, 4.69) is 20.0 Å². The van der Waals surface area contributed by atoms with Gasteiger partial charge in [0.2, 0.25) is 0 Å². The van der Waals surface area contributed by atoms with Gasteiger partial charge in [-0.3, -0.25) is 9.78 Å². The van der Waals surface area contributed by atoms with E-state index in [1.807, 2.05) is 0 Å². The summed E-state index contributed by atoms with van der Waals surface area (Å²) in [5.41, 5.74) is 0. The second kappa shape index (κ2) is 4.74. The number of rotatable bonds is 3. The van der Waals surface area contributed by atoms with Crippen molar-refractivity contribution in [1.29, 1.82) is 0 Å². The van der Waals surface area contributed by atoms with Crippen LogP contribution in [0.1, 0.15) is 0 Å². The molecule has 13 heavy (non-hydrogen) atoms. The van der Waals surface area contributed by atoms with Crippen molar-refractivity contribution in [3.63, 3.8) is 0 Å². The van der Waals surface area contributed by atoms with Gasteiger partial charge in [0.25, 0.3) is 5.91 Å². The number of amides is 1. The predicted molar refractivity (Wildman–Crippen MR) is 47.5 cm³/mol. The Bertz CT molecular complexity index is 306. The van der Waals surface area contributed by atoms with Crippen LogP contribution < -0.4 is 5.32 Å². The second-order valence-electron chi connectivity index (χ2n) is 2.21. The number of nitrogens with one attached hydrogen (secondary N) is 1. The maximum absolute atomic E-state index is 11.0. The van der Waals surface area contributed by atoms with Gasteiger partial charge in [0.15, 0.2) is 5.82 Å². The molecule has 0 saturated heterocycles. The van der Waals surface area contributed by atoms with E-state index in [1.54, 1.807) is 0 Å². The lowest BCUT2D eigenvalue weighted by molar-refractivity contribution is -0.119. The number of nitrogens with zero attached hydrogens (tertiary/aromatic N) is 2. The van der Waals surface area contributed by atoms with Gasteiger partial charge in [-0.1, -0.05) is 11.6 Å². The van der Waals surface area contributed by atoms with Crippen molar-refractivity contribution in [2.75, 3.05) is 19.0 Å². The average Bonchev–Trinajstić information content (AvgIpc) is 2.04. The molecule has 0 aromatic carbocycles. The molecule has 6 heteroatoms. The molecular weight excluding hydrogens is 194 g/mol. The van der Waals surface area contributed by atoms with Crippen molar-refractivity contribution < 1.29 is 9.53 Å².